The summed E-state index contributed by atoms with van der Waals surface area (Å²) < 4.78 is 1.84. The Morgan fingerprint density at radius 2 is 2.00 bits per heavy atom. The second-order valence-corrected chi connectivity index (χ2v) is 2.83. The Balaban J connectivity index is 2.62. The van der Waals surface area contributed by atoms with Crippen LogP contribution in [0.1, 0.15) is 18.9 Å². The zero-order chi connectivity index (χ0) is 9.52. The molecule has 0 aliphatic carbocycles. The lowest BCUT2D eigenvalue weighted by Gasteiger charge is -1.98. The Morgan fingerprint density at radius 1 is 1.31 bits per heavy atom. The number of hydrogen-bond acceptors (Lipinski definition) is 1. The molecule has 0 saturated heterocycles. The van der Waals surface area contributed by atoms with Crippen molar-refractivity contribution in [3.8, 4) is 0 Å². The summed E-state index contributed by atoms with van der Waals surface area (Å²) in [6.45, 7) is 2.90. The topological polar surface area (TPSA) is 12.2 Å². The van der Waals surface area contributed by atoms with E-state index in [4.69, 9.17) is 4.84 Å². The Kier molecular flexibility index (Phi) is 4.03. The molecule has 1 aromatic carbocycles. The van der Waals surface area contributed by atoms with E-state index in [1.54, 1.807) is 7.11 Å². The minimum Gasteiger partial charge on any atom is -0.280 e. The van der Waals surface area contributed by atoms with Crippen LogP contribution in [0.2, 0.25) is 0 Å². The molecule has 0 fully saturated rings. The molecule has 0 heterocycles. The van der Waals surface area contributed by atoms with Crippen LogP contribution in [0, 0.1) is 0 Å². The van der Waals surface area contributed by atoms with Crippen molar-refractivity contribution in [2.24, 2.45) is 0 Å². The van der Waals surface area contributed by atoms with E-state index >= 15 is 0 Å². The zero-order valence-electron chi connectivity index (χ0n) is 8.23. The highest BCUT2D eigenvalue weighted by Gasteiger charge is 2.03. The molecule has 0 amide bonds. The third-order valence-corrected chi connectivity index (χ3v) is 1.80. The zero-order valence-corrected chi connectivity index (χ0v) is 8.23. The minimum atomic E-state index is 0.811. The normalized spacial score (nSPS) is 11.4. The van der Waals surface area contributed by atoms with Gasteiger partial charge in [0.25, 0.3) is 0 Å². The molecule has 0 N–H and O–H groups in total. The fourth-order valence-corrected chi connectivity index (χ4v) is 1.17. The maximum atomic E-state index is 5.17. The molecule has 0 aliphatic rings. The summed E-state index contributed by atoms with van der Waals surface area (Å²) in [6, 6.07) is 10.3. The van der Waals surface area contributed by atoms with Crippen LogP contribution in [0.5, 0.6) is 0 Å². The van der Waals surface area contributed by atoms with Gasteiger partial charge in [0.15, 0.2) is 6.21 Å². The fourth-order valence-electron chi connectivity index (χ4n) is 1.17. The molecular formula is C11H16NO+. The number of nitrogens with zero attached hydrogens (tertiary/aromatic N) is 1. The first kappa shape index (κ1) is 9.78. The number of hydroxylamine groups is 1. The Labute approximate surface area is 79.4 Å². The van der Waals surface area contributed by atoms with Gasteiger partial charge in [-0.3, -0.25) is 4.84 Å². The van der Waals surface area contributed by atoms with Gasteiger partial charge in [-0.15, -0.1) is 0 Å². The number of benzene rings is 1. The Hall–Kier alpha value is -1.31. The predicted molar refractivity (Wildman–Crippen MR) is 53.8 cm³/mol. The summed E-state index contributed by atoms with van der Waals surface area (Å²) in [5, 5.41) is 0. The van der Waals surface area contributed by atoms with E-state index in [0.717, 1.165) is 13.0 Å². The first-order valence-electron chi connectivity index (χ1n) is 4.54. The van der Waals surface area contributed by atoms with Crippen LogP contribution >= 0.6 is 0 Å². The number of rotatable bonds is 4. The highest BCUT2D eigenvalue weighted by atomic mass is 16.6. The van der Waals surface area contributed by atoms with Crippen molar-refractivity contribution >= 4 is 6.21 Å². The van der Waals surface area contributed by atoms with Crippen molar-refractivity contribution in [2.75, 3.05) is 7.11 Å². The van der Waals surface area contributed by atoms with E-state index in [1.807, 2.05) is 29.2 Å². The van der Waals surface area contributed by atoms with E-state index in [1.165, 1.54) is 5.56 Å². The lowest BCUT2D eigenvalue weighted by Crippen LogP contribution is -2.11. The standard InChI is InChI=1S/C11H16NO/c1-3-9-12(13-2)10-11-7-5-4-6-8-11/h4-9H,3,10H2,1-2H3/q+1. The molecule has 13 heavy (non-hydrogen) atoms. The van der Waals surface area contributed by atoms with Gasteiger partial charge < -0.3 is 0 Å². The van der Waals surface area contributed by atoms with E-state index < -0.39 is 0 Å². The molecule has 0 spiro atoms. The lowest BCUT2D eigenvalue weighted by molar-refractivity contribution is -0.789. The van der Waals surface area contributed by atoms with Gasteiger partial charge in [0.05, 0.1) is 0 Å². The van der Waals surface area contributed by atoms with Gasteiger partial charge in [0, 0.05) is 12.0 Å². The van der Waals surface area contributed by atoms with Gasteiger partial charge in [-0.2, -0.15) is 0 Å². The van der Waals surface area contributed by atoms with Gasteiger partial charge in [-0.05, 0) is 4.74 Å². The van der Waals surface area contributed by atoms with E-state index in [2.05, 4.69) is 19.1 Å². The quantitative estimate of drug-likeness (QED) is 0.391. The van der Waals surface area contributed by atoms with Crippen molar-refractivity contribution in [1.29, 1.82) is 0 Å². The maximum absolute atomic E-state index is 5.17. The minimum absolute atomic E-state index is 0.811. The van der Waals surface area contributed by atoms with Crippen LogP contribution in [0.3, 0.4) is 0 Å². The predicted octanol–water partition coefficient (Wildman–Crippen LogP) is 2.24. The highest BCUT2D eigenvalue weighted by molar-refractivity contribution is 5.50. The average molecular weight is 178 g/mol. The summed E-state index contributed by atoms with van der Waals surface area (Å²) in [7, 11) is 1.69. The molecule has 0 atom stereocenters. The molecule has 0 unspecified atom stereocenters. The van der Waals surface area contributed by atoms with Crippen molar-refractivity contribution in [2.45, 2.75) is 19.9 Å². The summed E-state index contributed by atoms with van der Waals surface area (Å²) in [5.41, 5.74) is 1.26. The van der Waals surface area contributed by atoms with Crippen LogP contribution in [-0.2, 0) is 11.4 Å². The first-order chi connectivity index (χ1) is 6.36. The summed E-state index contributed by atoms with van der Waals surface area (Å²) >= 11 is 0. The highest BCUT2D eigenvalue weighted by Crippen LogP contribution is 2.00. The van der Waals surface area contributed by atoms with Crippen molar-refractivity contribution in [1.82, 2.24) is 0 Å². The molecule has 1 aromatic rings. The first-order valence-corrected chi connectivity index (χ1v) is 4.54. The molecule has 2 heteroatoms. The van der Waals surface area contributed by atoms with Crippen LogP contribution in [0.25, 0.3) is 0 Å². The molecule has 0 saturated carbocycles. The van der Waals surface area contributed by atoms with Gasteiger partial charge in [-0.25, -0.2) is 0 Å². The van der Waals surface area contributed by atoms with E-state index in [-0.39, 0.29) is 0 Å². The molecular weight excluding hydrogens is 162 g/mol. The van der Waals surface area contributed by atoms with Crippen molar-refractivity contribution in [3.63, 3.8) is 0 Å². The van der Waals surface area contributed by atoms with Crippen molar-refractivity contribution < 1.29 is 9.58 Å². The number of hydrogen-bond donors (Lipinski definition) is 0. The average Bonchev–Trinajstić information content (AvgIpc) is 2.19. The molecule has 1 rings (SSSR count). The molecule has 0 radical (unpaired) electrons. The van der Waals surface area contributed by atoms with E-state index in [9.17, 15) is 0 Å². The second-order valence-electron chi connectivity index (χ2n) is 2.83. The van der Waals surface area contributed by atoms with Gasteiger partial charge in [0.1, 0.15) is 7.11 Å². The molecule has 0 aliphatic heterocycles. The Bertz CT molecular complexity index is 267. The summed E-state index contributed by atoms with van der Waals surface area (Å²) in [6.07, 6.45) is 3.02. The van der Waals surface area contributed by atoms with Crippen LogP contribution < -0.4 is 0 Å². The van der Waals surface area contributed by atoms with Gasteiger partial charge in [-0.1, -0.05) is 37.3 Å². The lowest BCUT2D eigenvalue weighted by atomic mass is 10.2. The van der Waals surface area contributed by atoms with Crippen molar-refractivity contribution in [3.05, 3.63) is 35.9 Å². The molecule has 0 bridgehead atoms. The smallest absolute Gasteiger partial charge is 0.217 e. The second kappa shape index (κ2) is 5.36. The summed E-state index contributed by atoms with van der Waals surface area (Å²) in [5.74, 6) is 0. The Morgan fingerprint density at radius 3 is 2.54 bits per heavy atom. The molecule has 2 nitrogen and oxygen atoms in total. The van der Waals surface area contributed by atoms with Gasteiger partial charge >= 0.3 is 0 Å². The molecule has 70 valence electrons. The SMILES string of the molecule is CCC=[N+](Cc1ccccc1)OC. The maximum Gasteiger partial charge on any atom is 0.217 e. The summed E-state index contributed by atoms with van der Waals surface area (Å²) in [4.78, 5) is 5.17. The van der Waals surface area contributed by atoms with E-state index in [0.29, 0.717) is 0 Å². The molecule has 0 aromatic heterocycles. The third-order valence-electron chi connectivity index (χ3n) is 1.80. The monoisotopic (exact) mass is 178 g/mol. The third kappa shape index (κ3) is 3.28. The fraction of sp³-hybridized carbons (Fsp3) is 0.364. The largest absolute Gasteiger partial charge is 0.280 e. The van der Waals surface area contributed by atoms with Gasteiger partial charge in [0.2, 0.25) is 6.54 Å². The van der Waals surface area contributed by atoms with Crippen LogP contribution in [0.15, 0.2) is 30.3 Å². The van der Waals surface area contributed by atoms with Crippen LogP contribution in [0.4, 0.5) is 0 Å². The van der Waals surface area contributed by atoms with Crippen LogP contribution in [-0.4, -0.2) is 18.1 Å².